The second-order valence-corrected chi connectivity index (χ2v) is 5.15. The van der Waals surface area contributed by atoms with Gasteiger partial charge in [0.05, 0.1) is 0 Å². The number of rotatable bonds is 4. The minimum Gasteiger partial charge on any atom is -0.486 e. The van der Waals surface area contributed by atoms with Crippen molar-refractivity contribution < 1.29 is 9.47 Å². The standard InChI is InChI=1S/C15H16ClN3O2/c16-14-8-11(17)9-15(19-14)18-4-3-10-1-2-12-13(7-10)21-6-5-20-12/h1-2,7-9H,3-6H2,(H3,17,18,19). The van der Waals surface area contributed by atoms with Gasteiger partial charge in [0.25, 0.3) is 0 Å². The van der Waals surface area contributed by atoms with Gasteiger partial charge < -0.3 is 20.5 Å². The Morgan fingerprint density at radius 2 is 1.95 bits per heavy atom. The lowest BCUT2D eigenvalue weighted by Crippen LogP contribution is -2.15. The predicted octanol–water partition coefficient (Wildman–Crippen LogP) is 2.74. The Bertz CT molecular complexity index is 629. The topological polar surface area (TPSA) is 69.4 Å². The molecule has 0 saturated heterocycles. The molecule has 0 bridgehead atoms. The van der Waals surface area contributed by atoms with Gasteiger partial charge in [0, 0.05) is 18.3 Å². The summed E-state index contributed by atoms with van der Waals surface area (Å²) in [6, 6.07) is 9.37. The van der Waals surface area contributed by atoms with Crippen LogP contribution in [0.3, 0.4) is 0 Å². The number of nitrogen functional groups attached to an aromatic ring is 1. The first kappa shape index (κ1) is 13.8. The maximum absolute atomic E-state index is 5.86. The third-order valence-electron chi connectivity index (χ3n) is 3.14. The number of ether oxygens (including phenoxy) is 2. The number of fused-ring (bicyclic) bond motifs is 1. The number of hydrogen-bond acceptors (Lipinski definition) is 5. The first-order valence-electron chi connectivity index (χ1n) is 6.76. The van der Waals surface area contributed by atoms with Crippen molar-refractivity contribution in [2.45, 2.75) is 6.42 Å². The monoisotopic (exact) mass is 305 g/mol. The van der Waals surface area contributed by atoms with E-state index in [-0.39, 0.29) is 0 Å². The minimum absolute atomic E-state index is 0.386. The van der Waals surface area contributed by atoms with E-state index in [9.17, 15) is 0 Å². The molecule has 6 heteroatoms. The summed E-state index contributed by atoms with van der Waals surface area (Å²) in [6.45, 7) is 1.93. The SMILES string of the molecule is Nc1cc(Cl)nc(NCCc2ccc3c(c2)OCCO3)c1. The van der Waals surface area contributed by atoms with E-state index in [1.165, 1.54) is 5.56 Å². The van der Waals surface area contributed by atoms with Gasteiger partial charge in [0.15, 0.2) is 11.5 Å². The maximum atomic E-state index is 5.86. The van der Waals surface area contributed by atoms with Crippen molar-refractivity contribution >= 4 is 23.1 Å². The van der Waals surface area contributed by atoms with Crippen LogP contribution < -0.4 is 20.5 Å². The molecule has 0 saturated carbocycles. The Kier molecular flexibility index (Phi) is 4.01. The van der Waals surface area contributed by atoms with E-state index >= 15 is 0 Å². The summed E-state index contributed by atoms with van der Waals surface area (Å²) < 4.78 is 11.1. The highest BCUT2D eigenvalue weighted by molar-refractivity contribution is 6.29. The van der Waals surface area contributed by atoms with Crippen molar-refractivity contribution in [3.63, 3.8) is 0 Å². The summed E-state index contributed by atoms with van der Waals surface area (Å²) in [7, 11) is 0. The molecule has 0 fully saturated rings. The van der Waals surface area contributed by atoms with E-state index in [1.807, 2.05) is 18.2 Å². The normalized spacial score (nSPS) is 13.0. The molecule has 2 aromatic rings. The third-order valence-corrected chi connectivity index (χ3v) is 3.34. The van der Waals surface area contributed by atoms with Crippen molar-refractivity contribution in [1.29, 1.82) is 0 Å². The summed E-state index contributed by atoms with van der Waals surface area (Å²) in [5, 5.41) is 3.59. The molecule has 0 atom stereocenters. The number of anilines is 2. The lowest BCUT2D eigenvalue weighted by atomic mass is 10.1. The fraction of sp³-hybridized carbons (Fsp3) is 0.267. The van der Waals surface area contributed by atoms with Crippen LogP contribution in [-0.2, 0) is 6.42 Å². The lowest BCUT2D eigenvalue weighted by molar-refractivity contribution is 0.171. The van der Waals surface area contributed by atoms with Crippen molar-refractivity contribution in [1.82, 2.24) is 4.98 Å². The predicted molar refractivity (Wildman–Crippen MR) is 83.3 cm³/mol. The molecule has 0 unspecified atom stereocenters. The quantitative estimate of drug-likeness (QED) is 0.850. The molecule has 3 rings (SSSR count). The van der Waals surface area contributed by atoms with Crippen LogP contribution in [0.4, 0.5) is 11.5 Å². The molecule has 0 radical (unpaired) electrons. The number of halogens is 1. The van der Waals surface area contributed by atoms with E-state index in [0.717, 1.165) is 24.5 Å². The molecule has 1 aliphatic rings. The van der Waals surface area contributed by atoms with E-state index in [0.29, 0.717) is 29.9 Å². The average Bonchev–Trinajstić information content (AvgIpc) is 2.46. The Morgan fingerprint density at radius 1 is 1.14 bits per heavy atom. The van der Waals surface area contributed by atoms with Gasteiger partial charge >= 0.3 is 0 Å². The van der Waals surface area contributed by atoms with Crippen molar-refractivity contribution in [3.05, 3.63) is 41.0 Å². The van der Waals surface area contributed by atoms with Crippen molar-refractivity contribution in [3.8, 4) is 11.5 Å². The van der Waals surface area contributed by atoms with Gasteiger partial charge in [-0.1, -0.05) is 17.7 Å². The zero-order valence-corrected chi connectivity index (χ0v) is 12.2. The van der Waals surface area contributed by atoms with E-state index in [4.69, 9.17) is 26.8 Å². The molecule has 21 heavy (non-hydrogen) atoms. The highest BCUT2D eigenvalue weighted by Crippen LogP contribution is 2.30. The van der Waals surface area contributed by atoms with Gasteiger partial charge in [-0.3, -0.25) is 0 Å². The maximum Gasteiger partial charge on any atom is 0.161 e. The minimum atomic E-state index is 0.386. The number of pyridine rings is 1. The molecule has 1 aromatic heterocycles. The van der Waals surface area contributed by atoms with Gasteiger partial charge in [0.1, 0.15) is 24.2 Å². The van der Waals surface area contributed by atoms with Crippen LogP contribution in [0.2, 0.25) is 5.15 Å². The zero-order chi connectivity index (χ0) is 14.7. The van der Waals surface area contributed by atoms with Crippen LogP contribution in [0.25, 0.3) is 0 Å². The summed E-state index contributed by atoms with van der Waals surface area (Å²) in [5.74, 6) is 2.30. The summed E-state index contributed by atoms with van der Waals surface area (Å²) in [6.07, 6.45) is 0.838. The molecule has 5 nitrogen and oxygen atoms in total. The largest absolute Gasteiger partial charge is 0.486 e. The molecule has 0 spiro atoms. The van der Waals surface area contributed by atoms with Gasteiger partial charge in [-0.05, 0) is 30.2 Å². The molecule has 0 amide bonds. The molecule has 2 heterocycles. The number of nitrogens with one attached hydrogen (secondary N) is 1. The van der Waals surface area contributed by atoms with Crippen LogP contribution in [0.5, 0.6) is 11.5 Å². The van der Waals surface area contributed by atoms with E-state index < -0.39 is 0 Å². The molecule has 1 aliphatic heterocycles. The van der Waals surface area contributed by atoms with Gasteiger partial charge in [-0.2, -0.15) is 0 Å². The van der Waals surface area contributed by atoms with Crippen molar-refractivity contribution in [2.75, 3.05) is 30.8 Å². The highest BCUT2D eigenvalue weighted by Gasteiger charge is 2.11. The fourth-order valence-corrected chi connectivity index (χ4v) is 2.40. The van der Waals surface area contributed by atoms with Crippen molar-refractivity contribution in [2.24, 2.45) is 0 Å². The van der Waals surface area contributed by atoms with Gasteiger partial charge in [-0.25, -0.2) is 4.98 Å². The molecule has 1 aromatic carbocycles. The fourth-order valence-electron chi connectivity index (χ4n) is 2.19. The Hall–Kier alpha value is -2.14. The zero-order valence-electron chi connectivity index (χ0n) is 11.4. The van der Waals surface area contributed by atoms with Crippen LogP contribution in [-0.4, -0.2) is 24.7 Å². The Balaban J connectivity index is 1.60. The smallest absolute Gasteiger partial charge is 0.161 e. The summed E-state index contributed by atoms with van der Waals surface area (Å²) in [4.78, 5) is 4.17. The lowest BCUT2D eigenvalue weighted by Gasteiger charge is -2.18. The Morgan fingerprint density at radius 3 is 2.76 bits per heavy atom. The Labute approximate surface area is 128 Å². The second kappa shape index (κ2) is 6.10. The summed E-state index contributed by atoms with van der Waals surface area (Å²) >= 11 is 5.86. The van der Waals surface area contributed by atoms with Crippen LogP contribution in [0, 0.1) is 0 Å². The molecule has 3 N–H and O–H groups in total. The second-order valence-electron chi connectivity index (χ2n) is 4.76. The summed E-state index contributed by atoms with van der Waals surface area (Å²) in [5.41, 5.74) is 7.49. The molecular formula is C15H16ClN3O2. The average molecular weight is 306 g/mol. The number of hydrogen-bond donors (Lipinski definition) is 2. The van der Waals surface area contributed by atoms with Crippen LogP contribution in [0.1, 0.15) is 5.56 Å². The number of nitrogens with zero attached hydrogens (tertiary/aromatic N) is 1. The van der Waals surface area contributed by atoms with Gasteiger partial charge in [0.2, 0.25) is 0 Å². The first-order chi connectivity index (χ1) is 10.2. The first-order valence-corrected chi connectivity index (χ1v) is 7.14. The van der Waals surface area contributed by atoms with Gasteiger partial charge in [-0.15, -0.1) is 0 Å². The number of benzene rings is 1. The van der Waals surface area contributed by atoms with E-state index in [1.54, 1.807) is 12.1 Å². The molecular weight excluding hydrogens is 290 g/mol. The highest BCUT2D eigenvalue weighted by atomic mass is 35.5. The van der Waals surface area contributed by atoms with Crippen LogP contribution in [0.15, 0.2) is 30.3 Å². The third kappa shape index (κ3) is 3.49. The molecule has 0 aliphatic carbocycles. The number of aromatic nitrogens is 1. The number of nitrogens with two attached hydrogens (primary N) is 1. The van der Waals surface area contributed by atoms with E-state index in [2.05, 4.69) is 10.3 Å². The van der Waals surface area contributed by atoms with Crippen LogP contribution >= 0.6 is 11.6 Å². The molecule has 110 valence electrons.